The zero-order chi connectivity index (χ0) is 17.6. The number of rotatable bonds is 4. The van der Waals surface area contributed by atoms with Gasteiger partial charge in [0.05, 0.1) is 0 Å². The fraction of sp³-hybridized carbons (Fsp3) is 0.0952. The molecule has 0 aromatic heterocycles. The minimum absolute atomic E-state index is 0.274. The number of amides is 2. The number of hydrogen-bond donors (Lipinski definition) is 2. The monoisotopic (exact) mass is 332 g/mol. The van der Waals surface area contributed by atoms with Crippen molar-refractivity contribution in [1.29, 1.82) is 0 Å². The third kappa shape index (κ3) is 4.61. The van der Waals surface area contributed by atoms with Crippen LogP contribution in [0.1, 0.15) is 11.1 Å². The molecule has 0 heterocycles. The van der Waals surface area contributed by atoms with E-state index in [1.807, 2.05) is 86.6 Å². The zero-order valence-electron chi connectivity index (χ0n) is 14.2. The molecular weight excluding hydrogens is 312 g/mol. The van der Waals surface area contributed by atoms with Gasteiger partial charge in [-0.05, 0) is 61.9 Å². The number of benzene rings is 3. The molecule has 2 amide bonds. The molecule has 0 atom stereocenters. The minimum atomic E-state index is -0.274. The first kappa shape index (κ1) is 16.6. The number of hydrogen-bond acceptors (Lipinski definition) is 2. The van der Waals surface area contributed by atoms with E-state index in [2.05, 4.69) is 10.6 Å². The number of anilines is 2. The van der Waals surface area contributed by atoms with Gasteiger partial charge in [-0.3, -0.25) is 0 Å². The summed E-state index contributed by atoms with van der Waals surface area (Å²) in [4.78, 5) is 12.1. The predicted octanol–water partition coefficient (Wildman–Crippen LogP) is 5.74. The maximum Gasteiger partial charge on any atom is 0.323 e. The molecule has 0 saturated heterocycles. The summed E-state index contributed by atoms with van der Waals surface area (Å²) in [6.45, 7) is 3.94. The molecule has 0 fully saturated rings. The molecule has 126 valence electrons. The molecule has 0 aliphatic carbocycles. The highest BCUT2D eigenvalue weighted by Gasteiger charge is 2.07. The van der Waals surface area contributed by atoms with Gasteiger partial charge in [-0.2, -0.15) is 0 Å². The predicted molar refractivity (Wildman–Crippen MR) is 102 cm³/mol. The van der Waals surface area contributed by atoms with Gasteiger partial charge in [0.25, 0.3) is 0 Å². The average Bonchev–Trinajstić information content (AvgIpc) is 2.60. The third-order valence-electron chi connectivity index (χ3n) is 3.73. The molecule has 3 aromatic carbocycles. The summed E-state index contributed by atoms with van der Waals surface area (Å²) in [6.07, 6.45) is 0. The van der Waals surface area contributed by atoms with Crippen LogP contribution < -0.4 is 15.4 Å². The Morgan fingerprint density at radius 3 is 2.20 bits per heavy atom. The van der Waals surface area contributed by atoms with E-state index in [0.717, 1.165) is 34.0 Å². The van der Waals surface area contributed by atoms with E-state index < -0.39 is 0 Å². The number of para-hydroxylation sites is 1. The molecule has 0 unspecified atom stereocenters. The smallest absolute Gasteiger partial charge is 0.323 e. The minimum Gasteiger partial charge on any atom is -0.457 e. The third-order valence-corrected chi connectivity index (χ3v) is 3.73. The highest BCUT2D eigenvalue weighted by molar-refractivity contribution is 6.00. The summed E-state index contributed by atoms with van der Waals surface area (Å²) >= 11 is 0. The number of nitrogens with one attached hydrogen (secondary N) is 2. The highest BCUT2D eigenvalue weighted by Crippen LogP contribution is 2.26. The van der Waals surface area contributed by atoms with Gasteiger partial charge in [0.2, 0.25) is 0 Å². The van der Waals surface area contributed by atoms with Crippen LogP contribution in [-0.2, 0) is 0 Å². The molecule has 3 rings (SSSR count). The second-order valence-corrected chi connectivity index (χ2v) is 5.84. The van der Waals surface area contributed by atoms with E-state index in [-0.39, 0.29) is 6.03 Å². The SMILES string of the molecule is Cc1ccc(NC(=O)Nc2ccc(Oc3ccccc3)cc2C)cc1. The maximum atomic E-state index is 12.1. The number of carbonyl (C=O) groups is 1. The molecule has 0 bridgehead atoms. The summed E-state index contributed by atoms with van der Waals surface area (Å²) in [5, 5.41) is 5.68. The first-order valence-electron chi connectivity index (χ1n) is 8.08. The molecule has 4 heteroatoms. The summed E-state index contributed by atoms with van der Waals surface area (Å²) in [5.74, 6) is 1.51. The van der Waals surface area contributed by atoms with Crippen molar-refractivity contribution in [3.63, 3.8) is 0 Å². The molecule has 25 heavy (non-hydrogen) atoms. The van der Waals surface area contributed by atoms with E-state index in [1.165, 1.54) is 0 Å². The normalized spacial score (nSPS) is 10.2. The Hall–Kier alpha value is -3.27. The first-order chi connectivity index (χ1) is 12.1. The van der Waals surface area contributed by atoms with Gasteiger partial charge < -0.3 is 15.4 Å². The quantitative estimate of drug-likeness (QED) is 0.640. The zero-order valence-corrected chi connectivity index (χ0v) is 14.2. The van der Waals surface area contributed by atoms with Crippen molar-refractivity contribution < 1.29 is 9.53 Å². The van der Waals surface area contributed by atoms with E-state index >= 15 is 0 Å². The first-order valence-corrected chi connectivity index (χ1v) is 8.08. The van der Waals surface area contributed by atoms with Crippen molar-refractivity contribution in [2.75, 3.05) is 10.6 Å². The van der Waals surface area contributed by atoms with E-state index in [1.54, 1.807) is 0 Å². The largest absolute Gasteiger partial charge is 0.457 e. The van der Waals surface area contributed by atoms with E-state index in [4.69, 9.17) is 4.74 Å². The second-order valence-electron chi connectivity index (χ2n) is 5.84. The molecule has 0 saturated carbocycles. The van der Waals surface area contributed by atoms with Crippen LogP contribution in [0.2, 0.25) is 0 Å². The summed E-state index contributed by atoms with van der Waals surface area (Å²) in [7, 11) is 0. The van der Waals surface area contributed by atoms with Crippen molar-refractivity contribution in [2.45, 2.75) is 13.8 Å². The Bertz CT molecular complexity index is 859. The number of carbonyl (C=O) groups excluding carboxylic acids is 1. The Morgan fingerprint density at radius 1 is 0.800 bits per heavy atom. The maximum absolute atomic E-state index is 12.1. The van der Waals surface area contributed by atoms with Gasteiger partial charge in [-0.1, -0.05) is 35.9 Å². The van der Waals surface area contributed by atoms with Gasteiger partial charge in [0.15, 0.2) is 0 Å². The number of aryl methyl sites for hydroxylation is 2. The van der Waals surface area contributed by atoms with Crippen LogP contribution >= 0.6 is 0 Å². The lowest BCUT2D eigenvalue weighted by Crippen LogP contribution is -2.19. The van der Waals surface area contributed by atoms with Crippen molar-refractivity contribution >= 4 is 17.4 Å². The Morgan fingerprint density at radius 2 is 1.52 bits per heavy atom. The standard InChI is InChI=1S/C21H20N2O2/c1-15-8-10-17(11-9-15)22-21(24)23-20-13-12-19(14-16(20)2)25-18-6-4-3-5-7-18/h3-14H,1-2H3,(H2,22,23,24). The van der Waals surface area contributed by atoms with Crippen LogP contribution in [-0.4, -0.2) is 6.03 Å². The molecule has 4 nitrogen and oxygen atoms in total. The average molecular weight is 332 g/mol. The van der Waals surface area contributed by atoms with Crippen molar-refractivity contribution in [2.24, 2.45) is 0 Å². The van der Waals surface area contributed by atoms with Gasteiger partial charge in [-0.15, -0.1) is 0 Å². The van der Waals surface area contributed by atoms with Crippen LogP contribution in [0.25, 0.3) is 0 Å². The molecule has 3 aromatic rings. The summed E-state index contributed by atoms with van der Waals surface area (Å²) in [6, 6.07) is 22.5. The van der Waals surface area contributed by atoms with Gasteiger partial charge in [0, 0.05) is 11.4 Å². The van der Waals surface area contributed by atoms with Gasteiger partial charge >= 0.3 is 6.03 Å². The lowest BCUT2D eigenvalue weighted by Gasteiger charge is -2.12. The molecule has 0 aliphatic heterocycles. The molecule has 0 spiro atoms. The van der Waals surface area contributed by atoms with Crippen LogP contribution in [0, 0.1) is 13.8 Å². The van der Waals surface area contributed by atoms with Crippen molar-refractivity contribution in [1.82, 2.24) is 0 Å². The van der Waals surface area contributed by atoms with Crippen LogP contribution in [0.15, 0.2) is 72.8 Å². The number of ether oxygens (including phenoxy) is 1. The summed E-state index contributed by atoms with van der Waals surface area (Å²) in [5.41, 5.74) is 3.57. The second kappa shape index (κ2) is 7.53. The Kier molecular flexibility index (Phi) is 5.00. The Balaban J connectivity index is 1.64. The molecule has 2 N–H and O–H groups in total. The lowest BCUT2D eigenvalue weighted by molar-refractivity contribution is 0.262. The fourth-order valence-corrected chi connectivity index (χ4v) is 2.39. The van der Waals surface area contributed by atoms with E-state index in [0.29, 0.717) is 0 Å². The van der Waals surface area contributed by atoms with Crippen LogP contribution in [0.3, 0.4) is 0 Å². The molecule has 0 aliphatic rings. The van der Waals surface area contributed by atoms with Crippen LogP contribution in [0.4, 0.5) is 16.2 Å². The van der Waals surface area contributed by atoms with Crippen molar-refractivity contribution in [3.05, 3.63) is 83.9 Å². The molecule has 0 radical (unpaired) electrons. The van der Waals surface area contributed by atoms with Crippen LogP contribution in [0.5, 0.6) is 11.5 Å². The van der Waals surface area contributed by atoms with Gasteiger partial charge in [-0.25, -0.2) is 4.79 Å². The summed E-state index contributed by atoms with van der Waals surface area (Å²) < 4.78 is 5.80. The van der Waals surface area contributed by atoms with E-state index in [9.17, 15) is 4.79 Å². The molecular formula is C21H20N2O2. The number of urea groups is 1. The van der Waals surface area contributed by atoms with Crippen molar-refractivity contribution in [3.8, 4) is 11.5 Å². The fourth-order valence-electron chi connectivity index (χ4n) is 2.39. The van der Waals surface area contributed by atoms with Gasteiger partial charge in [0.1, 0.15) is 11.5 Å². The topological polar surface area (TPSA) is 50.4 Å². The highest BCUT2D eigenvalue weighted by atomic mass is 16.5. The Labute approximate surface area is 147 Å². The lowest BCUT2D eigenvalue weighted by atomic mass is 10.2.